The van der Waals surface area contributed by atoms with E-state index in [0.29, 0.717) is 18.8 Å². The largest absolute Gasteiger partial charge is 0.383 e. The highest BCUT2D eigenvalue weighted by atomic mass is 79.9. The highest BCUT2D eigenvalue weighted by Crippen LogP contribution is 2.19. The van der Waals surface area contributed by atoms with Crippen LogP contribution in [0.5, 0.6) is 0 Å². The van der Waals surface area contributed by atoms with Gasteiger partial charge in [0.25, 0.3) is 5.91 Å². The SMILES string of the molecule is COCCNC(=O)c1c(Br)c(C)nn1C. The van der Waals surface area contributed by atoms with E-state index in [2.05, 4.69) is 26.3 Å². The fourth-order valence-corrected chi connectivity index (χ4v) is 1.75. The van der Waals surface area contributed by atoms with Gasteiger partial charge in [-0.25, -0.2) is 0 Å². The van der Waals surface area contributed by atoms with Gasteiger partial charge in [-0.05, 0) is 22.9 Å². The van der Waals surface area contributed by atoms with Gasteiger partial charge in [0, 0.05) is 20.7 Å². The lowest BCUT2D eigenvalue weighted by atomic mass is 10.3. The Morgan fingerprint density at radius 1 is 1.67 bits per heavy atom. The summed E-state index contributed by atoms with van der Waals surface area (Å²) in [5, 5.41) is 6.88. The lowest BCUT2D eigenvalue weighted by Crippen LogP contribution is -2.28. The molecule has 1 heterocycles. The number of nitrogens with zero attached hydrogens (tertiary/aromatic N) is 2. The molecule has 6 heteroatoms. The summed E-state index contributed by atoms with van der Waals surface area (Å²) in [7, 11) is 3.33. The van der Waals surface area contributed by atoms with Gasteiger partial charge < -0.3 is 10.1 Å². The molecular weight excluding hydrogens is 262 g/mol. The van der Waals surface area contributed by atoms with Crippen molar-refractivity contribution in [2.75, 3.05) is 20.3 Å². The number of methoxy groups -OCH3 is 1. The maximum absolute atomic E-state index is 11.7. The Hall–Kier alpha value is -0.880. The minimum Gasteiger partial charge on any atom is -0.383 e. The first-order chi connectivity index (χ1) is 7.07. The molecule has 0 unspecified atom stereocenters. The van der Waals surface area contributed by atoms with Crippen LogP contribution in [0.2, 0.25) is 0 Å². The highest BCUT2D eigenvalue weighted by Gasteiger charge is 2.17. The smallest absolute Gasteiger partial charge is 0.270 e. The Balaban J connectivity index is 2.73. The van der Waals surface area contributed by atoms with Crippen molar-refractivity contribution < 1.29 is 9.53 Å². The van der Waals surface area contributed by atoms with Gasteiger partial charge in [0.2, 0.25) is 0 Å². The van der Waals surface area contributed by atoms with Crippen molar-refractivity contribution in [3.8, 4) is 0 Å². The van der Waals surface area contributed by atoms with Gasteiger partial charge in [0.15, 0.2) is 0 Å². The Labute approximate surface area is 96.9 Å². The number of ether oxygens (including phenoxy) is 1. The molecule has 1 amide bonds. The quantitative estimate of drug-likeness (QED) is 0.830. The number of halogens is 1. The number of carbonyl (C=O) groups excluding carboxylic acids is 1. The number of rotatable bonds is 4. The molecule has 1 aromatic heterocycles. The predicted molar refractivity (Wildman–Crippen MR) is 59.9 cm³/mol. The Morgan fingerprint density at radius 3 is 2.80 bits per heavy atom. The summed E-state index contributed by atoms with van der Waals surface area (Å²) >= 11 is 3.34. The van der Waals surface area contributed by atoms with Crippen LogP contribution in [-0.4, -0.2) is 35.9 Å². The second-order valence-electron chi connectivity index (χ2n) is 3.12. The number of hydrogen-bond donors (Lipinski definition) is 1. The third-order valence-electron chi connectivity index (χ3n) is 1.96. The number of carbonyl (C=O) groups is 1. The van der Waals surface area contributed by atoms with E-state index in [-0.39, 0.29) is 5.91 Å². The summed E-state index contributed by atoms with van der Waals surface area (Å²) in [5.41, 5.74) is 1.33. The van der Waals surface area contributed by atoms with Gasteiger partial charge in [-0.2, -0.15) is 5.10 Å². The molecule has 0 aliphatic heterocycles. The summed E-state index contributed by atoms with van der Waals surface area (Å²) in [6.45, 7) is 2.84. The second kappa shape index (κ2) is 5.27. The number of nitrogens with one attached hydrogen (secondary N) is 1. The van der Waals surface area contributed by atoms with E-state index in [0.717, 1.165) is 10.2 Å². The van der Waals surface area contributed by atoms with Crippen LogP contribution >= 0.6 is 15.9 Å². The number of amides is 1. The Kier molecular flexibility index (Phi) is 4.28. The van der Waals surface area contributed by atoms with Gasteiger partial charge in [-0.3, -0.25) is 9.48 Å². The van der Waals surface area contributed by atoms with E-state index in [1.54, 1.807) is 18.8 Å². The lowest BCUT2D eigenvalue weighted by molar-refractivity contribution is 0.0927. The molecule has 0 spiro atoms. The molecule has 0 fully saturated rings. The maximum Gasteiger partial charge on any atom is 0.270 e. The predicted octanol–water partition coefficient (Wildman–Crippen LogP) is 0.867. The normalized spacial score (nSPS) is 10.4. The third-order valence-corrected chi connectivity index (χ3v) is 2.91. The zero-order valence-corrected chi connectivity index (χ0v) is 10.6. The van der Waals surface area contributed by atoms with Crippen molar-refractivity contribution in [2.45, 2.75) is 6.92 Å². The van der Waals surface area contributed by atoms with Crippen LogP contribution in [0.3, 0.4) is 0 Å². The van der Waals surface area contributed by atoms with Gasteiger partial charge in [0.05, 0.1) is 16.8 Å². The summed E-state index contributed by atoms with van der Waals surface area (Å²) in [6.07, 6.45) is 0. The van der Waals surface area contributed by atoms with Crippen LogP contribution in [0.15, 0.2) is 4.47 Å². The Bertz CT molecular complexity index is 362. The molecular formula is C9H14BrN3O2. The molecule has 0 radical (unpaired) electrons. The van der Waals surface area contributed by atoms with Crippen LogP contribution in [0.4, 0.5) is 0 Å². The number of hydrogen-bond acceptors (Lipinski definition) is 3. The van der Waals surface area contributed by atoms with E-state index < -0.39 is 0 Å². The molecule has 0 saturated heterocycles. The molecule has 0 aliphatic carbocycles. The van der Waals surface area contributed by atoms with Gasteiger partial charge in [-0.1, -0.05) is 0 Å². The van der Waals surface area contributed by atoms with Gasteiger partial charge >= 0.3 is 0 Å². The van der Waals surface area contributed by atoms with Gasteiger partial charge in [0.1, 0.15) is 5.69 Å². The molecule has 0 aliphatic rings. The maximum atomic E-state index is 11.7. The van der Waals surface area contributed by atoms with Crippen molar-refractivity contribution in [1.82, 2.24) is 15.1 Å². The van der Waals surface area contributed by atoms with E-state index in [1.165, 1.54) is 0 Å². The standard InChI is InChI=1S/C9H14BrN3O2/c1-6-7(10)8(13(2)12-6)9(14)11-4-5-15-3/h4-5H2,1-3H3,(H,11,14). The minimum atomic E-state index is -0.151. The van der Waals surface area contributed by atoms with E-state index in [9.17, 15) is 4.79 Å². The second-order valence-corrected chi connectivity index (χ2v) is 3.91. The molecule has 0 saturated carbocycles. The monoisotopic (exact) mass is 275 g/mol. The molecule has 0 atom stereocenters. The molecule has 5 nitrogen and oxygen atoms in total. The van der Waals surface area contributed by atoms with Crippen molar-refractivity contribution in [1.29, 1.82) is 0 Å². The number of aromatic nitrogens is 2. The molecule has 84 valence electrons. The van der Waals surface area contributed by atoms with Crippen molar-refractivity contribution in [2.24, 2.45) is 7.05 Å². The zero-order valence-electron chi connectivity index (χ0n) is 9.00. The van der Waals surface area contributed by atoms with Crippen LogP contribution in [0.25, 0.3) is 0 Å². The molecule has 1 aromatic rings. The molecule has 15 heavy (non-hydrogen) atoms. The Morgan fingerprint density at radius 2 is 2.33 bits per heavy atom. The summed E-state index contributed by atoms with van der Waals surface area (Å²) in [5.74, 6) is -0.151. The van der Waals surface area contributed by atoms with Gasteiger partial charge in [-0.15, -0.1) is 0 Å². The van der Waals surface area contributed by atoms with Crippen LogP contribution in [-0.2, 0) is 11.8 Å². The van der Waals surface area contributed by atoms with Crippen molar-refractivity contribution >= 4 is 21.8 Å². The summed E-state index contributed by atoms with van der Waals surface area (Å²) in [4.78, 5) is 11.7. The first kappa shape index (κ1) is 12.2. The third kappa shape index (κ3) is 2.79. The lowest BCUT2D eigenvalue weighted by Gasteiger charge is -2.04. The fourth-order valence-electron chi connectivity index (χ4n) is 1.23. The molecule has 1 rings (SSSR count). The summed E-state index contributed by atoms with van der Waals surface area (Å²) in [6, 6.07) is 0. The van der Waals surface area contributed by atoms with Crippen LogP contribution in [0, 0.1) is 6.92 Å². The minimum absolute atomic E-state index is 0.151. The van der Waals surface area contributed by atoms with E-state index in [4.69, 9.17) is 4.74 Å². The molecule has 0 bridgehead atoms. The van der Waals surface area contributed by atoms with Crippen LogP contribution in [0.1, 0.15) is 16.2 Å². The number of aryl methyl sites for hydroxylation is 2. The van der Waals surface area contributed by atoms with E-state index >= 15 is 0 Å². The average Bonchev–Trinajstić information content (AvgIpc) is 2.41. The van der Waals surface area contributed by atoms with Crippen LogP contribution < -0.4 is 5.32 Å². The zero-order chi connectivity index (χ0) is 11.4. The average molecular weight is 276 g/mol. The summed E-state index contributed by atoms with van der Waals surface area (Å²) < 4.78 is 7.14. The van der Waals surface area contributed by atoms with Crippen molar-refractivity contribution in [3.63, 3.8) is 0 Å². The van der Waals surface area contributed by atoms with E-state index in [1.807, 2.05) is 6.92 Å². The molecule has 0 aromatic carbocycles. The first-order valence-corrected chi connectivity index (χ1v) is 5.33. The molecule has 1 N–H and O–H groups in total. The fraction of sp³-hybridized carbons (Fsp3) is 0.556. The topological polar surface area (TPSA) is 56.1 Å². The highest BCUT2D eigenvalue weighted by molar-refractivity contribution is 9.10. The van der Waals surface area contributed by atoms with Crippen molar-refractivity contribution in [3.05, 3.63) is 15.9 Å². The first-order valence-electron chi connectivity index (χ1n) is 4.54.